The first-order valence-corrected chi connectivity index (χ1v) is 6.93. The Morgan fingerprint density at radius 2 is 2.00 bits per heavy atom. The van der Waals surface area contributed by atoms with Crippen molar-refractivity contribution in [3.63, 3.8) is 0 Å². The smallest absolute Gasteiger partial charge is 0.410 e. The highest BCUT2D eigenvalue weighted by atomic mass is 16.6. The van der Waals surface area contributed by atoms with Crippen LogP contribution in [-0.4, -0.2) is 21.8 Å². The van der Waals surface area contributed by atoms with E-state index in [1.54, 1.807) is 11.1 Å². The highest BCUT2D eigenvalue weighted by Crippen LogP contribution is 2.29. The second-order valence-corrected chi connectivity index (χ2v) is 6.20. The SMILES string of the molecule is CC(C)(C)OC(=O)N1Cc2ccc(-c3ccno3)cc2C1. The monoisotopic (exact) mass is 286 g/mol. The molecule has 1 amide bonds. The molecule has 0 radical (unpaired) electrons. The molecule has 0 spiro atoms. The molecule has 110 valence electrons. The quantitative estimate of drug-likeness (QED) is 0.804. The van der Waals surface area contributed by atoms with E-state index in [0.29, 0.717) is 13.1 Å². The van der Waals surface area contributed by atoms with Crippen LogP contribution in [0.2, 0.25) is 0 Å². The van der Waals surface area contributed by atoms with E-state index in [4.69, 9.17) is 9.26 Å². The molecule has 0 saturated carbocycles. The van der Waals surface area contributed by atoms with Gasteiger partial charge in [0.25, 0.3) is 0 Å². The Kier molecular flexibility index (Phi) is 3.20. The lowest BCUT2D eigenvalue weighted by Crippen LogP contribution is -2.33. The third kappa shape index (κ3) is 2.91. The van der Waals surface area contributed by atoms with E-state index in [2.05, 4.69) is 5.16 Å². The number of carbonyl (C=O) groups is 1. The average Bonchev–Trinajstić information content (AvgIpc) is 3.05. The molecule has 0 atom stereocenters. The van der Waals surface area contributed by atoms with Crippen molar-refractivity contribution in [2.75, 3.05) is 0 Å². The minimum atomic E-state index is -0.475. The number of nitrogens with zero attached hydrogens (tertiary/aromatic N) is 2. The van der Waals surface area contributed by atoms with Gasteiger partial charge in [-0.2, -0.15) is 0 Å². The first-order chi connectivity index (χ1) is 9.92. The molecule has 0 unspecified atom stereocenters. The van der Waals surface area contributed by atoms with Gasteiger partial charge in [0.2, 0.25) is 0 Å². The third-order valence-electron chi connectivity index (χ3n) is 3.30. The average molecular weight is 286 g/mol. The third-order valence-corrected chi connectivity index (χ3v) is 3.30. The summed E-state index contributed by atoms with van der Waals surface area (Å²) in [6, 6.07) is 7.87. The van der Waals surface area contributed by atoms with E-state index < -0.39 is 5.60 Å². The number of ether oxygens (including phenoxy) is 1. The number of rotatable bonds is 1. The zero-order chi connectivity index (χ0) is 15.0. The van der Waals surface area contributed by atoms with E-state index in [1.165, 1.54) is 0 Å². The fourth-order valence-corrected chi connectivity index (χ4v) is 2.37. The molecule has 1 aliphatic heterocycles. The summed E-state index contributed by atoms with van der Waals surface area (Å²) in [6.45, 7) is 6.76. The highest BCUT2D eigenvalue weighted by Gasteiger charge is 2.28. The Morgan fingerprint density at radius 3 is 2.67 bits per heavy atom. The molecular weight excluding hydrogens is 268 g/mol. The van der Waals surface area contributed by atoms with Gasteiger partial charge in [-0.05, 0) is 38.0 Å². The molecule has 1 aromatic heterocycles. The predicted molar refractivity (Wildman–Crippen MR) is 77.4 cm³/mol. The molecule has 0 bridgehead atoms. The van der Waals surface area contributed by atoms with Crippen molar-refractivity contribution in [1.82, 2.24) is 10.1 Å². The van der Waals surface area contributed by atoms with Gasteiger partial charge in [0.05, 0.1) is 6.20 Å². The molecule has 0 N–H and O–H groups in total. The van der Waals surface area contributed by atoms with Crippen LogP contribution in [0.25, 0.3) is 11.3 Å². The lowest BCUT2D eigenvalue weighted by Gasteiger charge is -2.24. The second-order valence-electron chi connectivity index (χ2n) is 6.20. The molecule has 0 saturated heterocycles. The van der Waals surface area contributed by atoms with Gasteiger partial charge in [0.15, 0.2) is 5.76 Å². The normalized spacial score (nSPS) is 14.1. The van der Waals surface area contributed by atoms with Crippen LogP contribution in [0.4, 0.5) is 4.79 Å². The van der Waals surface area contributed by atoms with Crippen LogP contribution in [0.1, 0.15) is 31.9 Å². The van der Waals surface area contributed by atoms with E-state index in [9.17, 15) is 4.79 Å². The number of fused-ring (bicyclic) bond motifs is 1. The summed E-state index contributed by atoms with van der Waals surface area (Å²) < 4.78 is 10.6. The molecule has 5 nitrogen and oxygen atoms in total. The van der Waals surface area contributed by atoms with E-state index in [0.717, 1.165) is 22.5 Å². The Balaban J connectivity index is 1.77. The molecule has 0 aliphatic carbocycles. The lowest BCUT2D eigenvalue weighted by atomic mass is 10.1. The molecule has 2 heterocycles. The van der Waals surface area contributed by atoms with Crippen LogP contribution in [-0.2, 0) is 17.8 Å². The summed E-state index contributed by atoms with van der Waals surface area (Å²) in [5.74, 6) is 0.730. The van der Waals surface area contributed by atoms with Crippen molar-refractivity contribution in [1.29, 1.82) is 0 Å². The fraction of sp³-hybridized carbons (Fsp3) is 0.375. The molecule has 1 aromatic carbocycles. The van der Waals surface area contributed by atoms with Crippen LogP contribution < -0.4 is 0 Å². The maximum absolute atomic E-state index is 12.1. The molecule has 0 fully saturated rings. The first-order valence-electron chi connectivity index (χ1n) is 6.93. The largest absolute Gasteiger partial charge is 0.444 e. The number of aromatic nitrogens is 1. The van der Waals surface area contributed by atoms with Gasteiger partial charge in [-0.1, -0.05) is 17.3 Å². The number of hydrogen-bond donors (Lipinski definition) is 0. The van der Waals surface area contributed by atoms with E-state index in [-0.39, 0.29) is 6.09 Å². The number of benzene rings is 1. The Morgan fingerprint density at radius 1 is 1.24 bits per heavy atom. The van der Waals surface area contributed by atoms with Gasteiger partial charge in [-0.15, -0.1) is 0 Å². The summed E-state index contributed by atoms with van der Waals surface area (Å²) in [5, 5.41) is 3.72. The number of carbonyl (C=O) groups excluding carboxylic acids is 1. The van der Waals surface area contributed by atoms with Crippen molar-refractivity contribution in [3.05, 3.63) is 41.6 Å². The van der Waals surface area contributed by atoms with Crippen LogP contribution in [0.3, 0.4) is 0 Å². The summed E-state index contributed by atoms with van der Waals surface area (Å²) in [7, 11) is 0. The minimum absolute atomic E-state index is 0.278. The van der Waals surface area contributed by atoms with Gasteiger partial charge in [0.1, 0.15) is 5.60 Å². The highest BCUT2D eigenvalue weighted by molar-refractivity contribution is 5.70. The predicted octanol–water partition coefficient (Wildman–Crippen LogP) is 3.59. The summed E-state index contributed by atoms with van der Waals surface area (Å²) >= 11 is 0. The van der Waals surface area contributed by atoms with Crippen molar-refractivity contribution in [3.8, 4) is 11.3 Å². The maximum atomic E-state index is 12.1. The fourth-order valence-electron chi connectivity index (χ4n) is 2.37. The summed E-state index contributed by atoms with van der Waals surface area (Å²) in [5.41, 5.74) is 2.76. The number of amides is 1. The van der Waals surface area contributed by atoms with Gasteiger partial charge >= 0.3 is 6.09 Å². The molecule has 5 heteroatoms. The zero-order valence-corrected chi connectivity index (χ0v) is 12.4. The molecule has 1 aliphatic rings. The van der Waals surface area contributed by atoms with Crippen LogP contribution >= 0.6 is 0 Å². The van der Waals surface area contributed by atoms with Crippen molar-refractivity contribution in [2.24, 2.45) is 0 Å². The Labute approximate surface area is 123 Å². The lowest BCUT2D eigenvalue weighted by molar-refractivity contribution is 0.0242. The van der Waals surface area contributed by atoms with Crippen LogP contribution in [0.5, 0.6) is 0 Å². The Bertz CT molecular complexity index is 657. The van der Waals surface area contributed by atoms with Gasteiger partial charge < -0.3 is 9.26 Å². The van der Waals surface area contributed by atoms with Gasteiger partial charge in [-0.3, -0.25) is 4.90 Å². The van der Waals surface area contributed by atoms with Crippen LogP contribution in [0.15, 0.2) is 35.0 Å². The summed E-state index contributed by atoms with van der Waals surface area (Å²) in [4.78, 5) is 13.8. The molecule has 21 heavy (non-hydrogen) atoms. The van der Waals surface area contributed by atoms with Crippen LogP contribution in [0, 0.1) is 0 Å². The number of hydrogen-bond acceptors (Lipinski definition) is 4. The van der Waals surface area contributed by atoms with Gasteiger partial charge in [0, 0.05) is 24.7 Å². The maximum Gasteiger partial charge on any atom is 0.410 e. The first kappa shape index (κ1) is 13.7. The van der Waals surface area contributed by atoms with Crippen molar-refractivity contribution in [2.45, 2.75) is 39.5 Å². The molecule has 3 rings (SSSR count). The second kappa shape index (κ2) is 4.91. The topological polar surface area (TPSA) is 55.6 Å². The van der Waals surface area contributed by atoms with E-state index in [1.807, 2.05) is 45.0 Å². The zero-order valence-electron chi connectivity index (χ0n) is 12.4. The van der Waals surface area contributed by atoms with Gasteiger partial charge in [-0.25, -0.2) is 4.79 Å². The standard InChI is InChI=1S/C16H18N2O3/c1-16(2,3)20-15(19)18-9-12-5-4-11(8-13(12)10-18)14-6-7-17-21-14/h4-8H,9-10H2,1-3H3. The van der Waals surface area contributed by atoms with Crippen molar-refractivity contribution >= 4 is 6.09 Å². The van der Waals surface area contributed by atoms with Crippen molar-refractivity contribution < 1.29 is 14.1 Å². The molecule has 2 aromatic rings. The summed E-state index contributed by atoms with van der Waals surface area (Å²) in [6.07, 6.45) is 1.34. The Hall–Kier alpha value is -2.30. The molecular formula is C16H18N2O3. The minimum Gasteiger partial charge on any atom is -0.444 e. The van der Waals surface area contributed by atoms with E-state index >= 15 is 0 Å².